The Morgan fingerprint density at radius 3 is 3.21 bits per heavy atom. The fourth-order valence-electron chi connectivity index (χ4n) is 1.88. The van der Waals surface area contributed by atoms with Gasteiger partial charge in [-0.1, -0.05) is 0 Å². The fourth-order valence-corrected chi connectivity index (χ4v) is 3.22. The van der Waals surface area contributed by atoms with Crippen molar-refractivity contribution in [2.45, 2.75) is 18.9 Å². The predicted octanol–water partition coefficient (Wildman–Crippen LogP) is 1.41. The van der Waals surface area contributed by atoms with Crippen molar-refractivity contribution >= 4 is 11.8 Å². The van der Waals surface area contributed by atoms with E-state index in [0.717, 1.165) is 12.2 Å². The molecule has 1 fully saturated rings. The summed E-state index contributed by atoms with van der Waals surface area (Å²) in [6.07, 6.45) is 3.88. The summed E-state index contributed by atoms with van der Waals surface area (Å²) in [5, 5.41) is 0. The van der Waals surface area contributed by atoms with Crippen LogP contribution in [0.2, 0.25) is 0 Å². The van der Waals surface area contributed by atoms with Gasteiger partial charge in [-0.15, -0.1) is 0 Å². The van der Waals surface area contributed by atoms with Gasteiger partial charge >= 0.3 is 0 Å². The first-order valence-corrected chi connectivity index (χ1v) is 6.12. The Balaban J connectivity index is 1.92. The van der Waals surface area contributed by atoms with Gasteiger partial charge in [-0.25, -0.2) is 0 Å². The van der Waals surface area contributed by atoms with Crippen LogP contribution in [0.25, 0.3) is 0 Å². The van der Waals surface area contributed by atoms with Gasteiger partial charge in [-0.2, -0.15) is 11.8 Å². The van der Waals surface area contributed by atoms with Crippen LogP contribution in [0.5, 0.6) is 0 Å². The molecule has 2 atom stereocenters. The number of hydrogen-bond donors (Lipinski definition) is 2. The van der Waals surface area contributed by atoms with Gasteiger partial charge in [0.2, 0.25) is 0 Å². The SMILES string of the molecule is NNC(Cc1ccco1)C1CCSC1. The molecule has 3 N–H and O–H groups in total. The molecule has 2 unspecified atom stereocenters. The van der Waals surface area contributed by atoms with E-state index in [-0.39, 0.29) is 0 Å². The molecule has 2 rings (SSSR count). The number of nitrogens with two attached hydrogens (primary N) is 1. The molecule has 0 amide bonds. The maximum atomic E-state index is 5.57. The Kier molecular flexibility index (Phi) is 3.50. The van der Waals surface area contributed by atoms with Crippen LogP contribution in [0.3, 0.4) is 0 Å². The van der Waals surface area contributed by atoms with Gasteiger partial charge in [0.05, 0.1) is 6.26 Å². The number of hydrogen-bond acceptors (Lipinski definition) is 4. The van der Waals surface area contributed by atoms with Crippen LogP contribution in [0.4, 0.5) is 0 Å². The van der Waals surface area contributed by atoms with Crippen LogP contribution in [-0.2, 0) is 6.42 Å². The second-order valence-corrected chi connectivity index (χ2v) is 4.83. The molecule has 1 aliphatic heterocycles. The molecule has 0 aliphatic carbocycles. The molecule has 0 aromatic carbocycles. The van der Waals surface area contributed by atoms with E-state index in [9.17, 15) is 0 Å². The van der Waals surface area contributed by atoms with Gasteiger partial charge in [0.1, 0.15) is 5.76 Å². The molecule has 4 heteroatoms. The minimum absolute atomic E-state index is 0.358. The monoisotopic (exact) mass is 212 g/mol. The zero-order chi connectivity index (χ0) is 9.80. The molecule has 3 nitrogen and oxygen atoms in total. The van der Waals surface area contributed by atoms with Crippen LogP contribution >= 0.6 is 11.8 Å². The van der Waals surface area contributed by atoms with E-state index in [1.807, 2.05) is 23.9 Å². The predicted molar refractivity (Wildman–Crippen MR) is 59.0 cm³/mol. The molecular weight excluding hydrogens is 196 g/mol. The Morgan fingerprint density at radius 1 is 1.71 bits per heavy atom. The third-order valence-corrected chi connectivity index (χ3v) is 3.94. The maximum absolute atomic E-state index is 5.57. The lowest BCUT2D eigenvalue weighted by atomic mass is 9.96. The number of thioether (sulfide) groups is 1. The first-order chi connectivity index (χ1) is 6.90. The summed E-state index contributed by atoms with van der Waals surface area (Å²) in [6.45, 7) is 0. The van der Waals surface area contributed by atoms with Gasteiger partial charge < -0.3 is 4.42 Å². The van der Waals surface area contributed by atoms with Crippen molar-refractivity contribution in [3.63, 3.8) is 0 Å². The summed E-state index contributed by atoms with van der Waals surface area (Å²) in [4.78, 5) is 0. The van der Waals surface area contributed by atoms with Gasteiger partial charge in [-0.3, -0.25) is 11.3 Å². The Labute approximate surface area is 88.4 Å². The molecule has 2 heterocycles. The van der Waals surface area contributed by atoms with Crippen molar-refractivity contribution in [2.24, 2.45) is 11.8 Å². The Morgan fingerprint density at radius 2 is 2.64 bits per heavy atom. The van der Waals surface area contributed by atoms with Crippen LogP contribution in [-0.4, -0.2) is 17.5 Å². The highest BCUT2D eigenvalue weighted by Gasteiger charge is 2.25. The van der Waals surface area contributed by atoms with Gasteiger partial charge in [0.25, 0.3) is 0 Å². The normalized spacial score (nSPS) is 23.9. The van der Waals surface area contributed by atoms with E-state index in [0.29, 0.717) is 12.0 Å². The minimum Gasteiger partial charge on any atom is -0.469 e. The lowest BCUT2D eigenvalue weighted by molar-refractivity contribution is 0.359. The average Bonchev–Trinajstić information content (AvgIpc) is 2.86. The molecular formula is C10H16N2OS. The van der Waals surface area contributed by atoms with E-state index in [1.54, 1.807) is 6.26 Å². The first-order valence-electron chi connectivity index (χ1n) is 4.96. The third-order valence-electron chi connectivity index (χ3n) is 2.75. The zero-order valence-electron chi connectivity index (χ0n) is 8.11. The molecule has 1 saturated heterocycles. The standard InChI is InChI=1S/C10H16N2OS/c11-12-10(8-3-5-14-7-8)6-9-2-1-4-13-9/h1-2,4,8,10,12H,3,5-7,11H2. The number of rotatable bonds is 4. The summed E-state index contributed by atoms with van der Waals surface area (Å²) in [5.41, 5.74) is 2.91. The van der Waals surface area contributed by atoms with Crippen molar-refractivity contribution < 1.29 is 4.42 Å². The molecule has 0 saturated carbocycles. The van der Waals surface area contributed by atoms with Crippen molar-refractivity contribution in [3.8, 4) is 0 Å². The van der Waals surface area contributed by atoms with E-state index in [1.165, 1.54) is 17.9 Å². The minimum atomic E-state index is 0.358. The number of nitrogens with one attached hydrogen (secondary N) is 1. The Bertz CT molecular complexity index is 257. The first kappa shape index (κ1) is 10.1. The van der Waals surface area contributed by atoms with Crippen LogP contribution in [0.15, 0.2) is 22.8 Å². The van der Waals surface area contributed by atoms with Gasteiger partial charge in [0, 0.05) is 12.5 Å². The maximum Gasteiger partial charge on any atom is 0.105 e. The largest absolute Gasteiger partial charge is 0.469 e. The number of furan rings is 1. The summed E-state index contributed by atoms with van der Waals surface area (Å²) < 4.78 is 5.32. The third kappa shape index (κ3) is 2.32. The van der Waals surface area contributed by atoms with Crippen molar-refractivity contribution in [1.82, 2.24) is 5.43 Å². The Hall–Kier alpha value is -0.450. The molecule has 0 spiro atoms. The highest BCUT2D eigenvalue weighted by Crippen LogP contribution is 2.27. The van der Waals surface area contributed by atoms with Crippen molar-refractivity contribution in [3.05, 3.63) is 24.2 Å². The summed E-state index contributed by atoms with van der Waals surface area (Å²) in [6, 6.07) is 4.29. The van der Waals surface area contributed by atoms with Gasteiger partial charge in [-0.05, 0) is 36.0 Å². The van der Waals surface area contributed by atoms with E-state index in [2.05, 4.69) is 5.43 Å². The van der Waals surface area contributed by atoms with Crippen LogP contribution < -0.4 is 11.3 Å². The summed E-state index contributed by atoms with van der Waals surface area (Å²) in [5.74, 6) is 9.76. The number of hydrazine groups is 1. The van der Waals surface area contributed by atoms with E-state index in [4.69, 9.17) is 10.3 Å². The molecule has 78 valence electrons. The molecule has 1 aromatic heterocycles. The average molecular weight is 212 g/mol. The smallest absolute Gasteiger partial charge is 0.105 e. The molecule has 0 radical (unpaired) electrons. The zero-order valence-corrected chi connectivity index (χ0v) is 8.93. The van der Waals surface area contributed by atoms with E-state index >= 15 is 0 Å². The highest BCUT2D eigenvalue weighted by molar-refractivity contribution is 7.99. The molecule has 1 aliphatic rings. The van der Waals surface area contributed by atoms with Crippen molar-refractivity contribution in [1.29, 1.82) is 0 Å². The molecule has 1 aromatic rings. The van der Waals surface area contributed by atoms with Gasteiger partial charge in [0.15, 0.2) is 0 Å². The topological polar surface area (TPSA) is 51.2 Å². The lowest BCUT2D eigenvalue weighted by Crippen LogP contribution is -2.42. The summed E-state index contributed by atoms with van der Waals surface area (Å²) in [7, 11) is 0. The quantitative estimate of drug-likeness (QED) is 0.585. The molecule has 14 heavy (non-hydrogen) atoms. The van der Waals surface area contributed by atoms with Crippen molar-refractivity contribution in [2.75, 3.05) is 11.5 Å². The second kappa shape index (κ2) is 4.87. The molecule has 0 bridgehead atoms. The van der Waals surface area contributed by atoms with Crippen LogP contribution in [0.1, 0.15) is 12.2 Å². The fraction of sp³-hybridized carbons (Fsp3) is 0.600. The van der Waals surface area contributed by atoms with E-state index < -0.39 is 0 Å². The lowest BCUT2D eigenvalue weighted by Gasteiger charge is -2.20. The second-order valence-electron chi connectivity index (χ2n) is 3.68. The highest BCUT2D eigenvalue weighted by atomic mass is 32.2. The van der Waals surface area contributed by atoms with Crippen LogP contribution in [0, 0.1) is 5.92 Å². The summed E-state index contributed by atoms with van der Waals surface area (Å²) >= 11 is 2.01.